The molecule has 0 heterocycles. The standard InChI is InChI=1S/C15H28O2/c1-4-6-7-10-15(14(16)17-5-2)11-8-13(3)9-12-15/h13H,4-12H2,1-3H3/t13-,15+. The van der Waals surface area contributed by atoms with Crippen LogP contribution >= 0.6 is 0 Å². The van der Waals surface area contributed by atoms with Crippen molar-refractivity contribution in [1.29, 1.82) is 0 Å². The van der Waals surface area contributed by atoms with Crippen molar-refractivity contribution < 1.29 is 9.53 Å². The van der Waals surface area contributed by atoms with E-state index < -0.39 is 0 Å². The maximum atomic E-state index is 12.2. The molecule has 0 amide bonds. The maximum absolute atomic E-state index is 12.2. The minimum atomic E-state index is -0.141. The number of esters is 1. The summed E-state index contributed by atoms with van der Waals surface area (Å²) in [6, 6.07) is 0. The van der Waals surface area contributed by atoms with E-state index in [0.29, 0.717) is 6.61 Å². The summed E-state index contributed by atoms with van der Waals surface area (Å²) in [5, 5.41) is 0. The van der Waals surface area contributed by atoms with E-state index in [-0.39, 0.29) is 11.4 Å². The first-order valence-corrected chi connectivity index (χ1v) is 7.32. The Hall–Kier alpha value is -0.530. The molecule has 0 N–H and O–H groups in total. The fourth-order valence-electron chi connectivity index (χ4n) is 2.87. The Kier molecular flexibility index (Phi) is 6.01. The van der Waals surface area contributed by atoms with E-state index >= 15 is 0 Å². The van der Waals surface area contributed by atoms with E-state index in [1.807, 2.05) is 6.92 Å². The molecule has 0 aromatic carbocycles. The van der Waals surface area contributed by atoms with Crippen LogP contribution in [0.2, 0.25) is 0 Å². The number of carbonyl (C=O) groups excluding carboxylic acids is 1. The van der Waals surface area contributed by atoms with Crippen LogP contribution in [0.25, 0.3) is 0 Å². The highest BCUT2D eigenvalue weighted by Crippen LogP contribution is 2.43. The molecule has 2 nitrogen and oxygen atoms in total. The summed E-state index contributed by atoms with van der Waals surface area (Å²) in [4.78, 5) is 12.2. The van der Waals surface area contributed by atoms with Gasteiger partial charge in [0, 0.05) is 0 Å². The molecule has 0 spiro atoms. The normalized spacial score (nSPS) is 29.0. The maximum Gasteiger partial charge on any atom is 0.312 e. The van der Waals surface area contributed by atoms with Crippen LogP contribution in [0.4, 0.5) is 0 Å². The van der Waals surface area contributed by atoms with E-state index in [1.165, 1.54) is 32.1 Å². The molecule has 0 bridgehead atoms. The molecule has 0 saturated heterocycles. The predicted molar refractivity (Wildman–Crippen MR) is 70.8 cm³/mol. The minimum absolute atomic E-state index is 0.0722. The molecule has 1 fully saturated rings. The molecular formula is C15H28O2. The molecule has 0 radical (unpaired) electrons. The Morgan fingerprint density at radius 1 is 1.24 bits per heavy atom. The van der Waals surface area contributed by atoms with Crippen LogP contribution in [0.5, 0.6) is 0 Å². The quantitative estimate of drug-likeness (QED) is 0.510. The first kappa shape index (κ1) is 14.5. The Bertz CT molecular complexity index is 227. The van der Waals surface area contributed by atoms with Crippen LogP contribution in [0, 0.1) is 11.3 Å². The van der Waals surface area contributed by atoms with Crippen molar-refractivity contribution in [3.8, 4) is 0 Å². The van der Waals surface area contributed by atoms with Gasteiger partial charge in [-0.2, -0.15) is 0 Å². The van der Waals surface area contributed by atoms with E-state index in [2.05, 4.69) is 13.8 Å². The molecule has 0 aliphatic heterocycles. The van der Waals surface area contributed by atoms with E-state index in [4.69, 9.17) is 4.74 Å². The summed E-state index contributed by atoms with van der Waals surface area (Å²) in [6.45, 7) is 6.92. The molecule has 1 saturated carbocycles. The van der Waals surface area contributed by atoms with Crippen molar-refractivity contribution in [3.63, 3.8) is 0 Å². The van der Waals surface area contributed by atoms with E-state index in [0.717, 1.165) is 25.2 Å². The number of hydrogen-bond donors (Lipinski definition) is 0. The van der Waals surface area contributed by atoms with Crippen molar-refractivity contribution in [1.82, 2.24) is 0 Å². The largest absolute Gasteiger partial charge is 0.466 e. The van der Waals surface area contributed by atoms with Crippen LogP contribution in [0.1, 0.15) is 72.1 Å². The summed E-state index contributed by atoms with van der Waals surface area (Å²) in [5.74, 6) is 0.853. The zero-order valence-corrected chi connectivity index (χ0v) is 11.8. The molecule has 0 atom stereocenters. The average molecular weight is 240 g/mol. The number of carbonyl (C=O) groups is 1. The molecule has 2 heteroatoms. The summed E-state index contributed by atoms with van der Waals surface area (Å²) in [5.41, 5.74) is -0.141. The summed E-state index contributed by atoms with van der Waals surface area (Å²) in [7, 11) is 0. The molecule has 17 heavy (non-hydrogen) atoms. The molecule has 0 aromatic rings. The van der Waals surface area contributed by atoms with Gasteiger partial charge in [-0.25, -0.2) is 0 Å². The number of rotatable bonds is 6. The lowest BCUT2D eigenvalue weighted by Gasteiger charge is -2.37. The second kappa shape index (κ2) is 7.03. The second-order valence-electron chi connectivity index (χ2n) is 5.64. The van der Waals surface area contributed by atoms with Gasteiger partial charge in [0.15, 0.2) is 0 Å². The topological polar surface area (TPSA) is 26.3 Å². The van der Waals surface area contributed by atoms with Crippen LogP contribution in [-0.4, -0.2) is 12.6 Å². The van der Waals surface area contributed by atoms with Crippen molar-refractivity contribution in [2.24, 2.45) is 11.3 Å². The van der Waals surface area contributed by atoms with Gasteiger partial charge in [-0.15, -0.1) is 0 Å². The lowest BCUT2D eigenvalue weighted by molar-refractivity contribution is -0.158. The van der Waals surface area contributed by atoms with Crippen molar-refractivity contribution >= 4 is 5.97 Å². The van der Waals surface area contributed by atoms with Gasteiger partial charge in [0.1, 0.15) is 0 Å². The lowest BCUT2D eigenvalue weighted by Crippen LogP contribution is -2.36. The Morgan fingerprint density at radius 2 is 1.88 bits per heavy atom. The van der Waals surface area contributed by atoms with Gasteiger partial charge in [0.05, 0.1) is 12.0 Å². The third-order valence-corrected chi connectivity index (χ3v) is 4.20. The van der Waals surface area contributed by atoms with Gasteiger partial charge in [-0.1, -0.05) is 33.1 Å². The third kappa shape index (κ3) is 4.01. The number of hydrogen-bond acceptors (Lipinski definition) is 2. The highest BCUT2D eigenvalue weighted by Gasteiger charge is 2.41. The smallest absolute Gasteiger partial charge is 0.312 e. The van der Waals surface area contributed by atoms with E-state index in [1.54, 1.807) is 0 Å². The van der Waals surface area contributed by atoms with Crippen LogP contribution in [0.15, 0.2) is 0 Å². The fourth-order valence-corrected chi connectivity index (χ4v) is 2.87. The Balaban J connectivity index is 2.60. The molecule has 1 rings (SSSR count). The van der Waals surface area contributed by atoms with Crippen LogP contribution in [0.3, 0.4) is 0 Å². The highest BCUT2D eigenvalue weighted by molar-refractivity contribution is 5.76. The summed E-state index contributed by atoms with van der Waals surface area (Å²) in [6.07, 6.45) is 9.10. The van der Waals surface area contributed by atoms with Gasteiger partial charge < -0.3 is 4.74 Å². The minimum Gasteiger partial charge on any atom is -0.466 e. The molecule has 1 aliphatic carbocycles. The first-order chi connectivity index (χ1) is 8.14. The predicted octanol–water partition coefficient (Wildman–Crippen LogP) is 4.33. The molecule has 1 aliphatic rings. The van der Waals surface area contributed by atoms with Crippen molar-refractivity contribution in [2.75, 3.05) is 6.61 Å². The average Bonchev–Trinajstić information content (AvgIpc) is 2.32. The zero-order valence-electron chi connectivity index (χ0n) is 11.8. The van der Waals surface area contributed by atoms with Gasteiger partial charge in [0.25, 0.3) is 0 Å². The van der Waals surface area contributed by atoms with Crippen LogP contribution < -0.4 is 0 Å². The summed E-state index contributed by atoms with van der Waals surface area (Å²) >= 11 is 0. The Morgan fingerprint density at radius 3 is 2.41 bits per heavy atom. The SMILES string of the molecule is CCCCC[C@]1(C(=O)OCC)CC[C@@H](C)CC1. The molecule has 0 unspecified atom stereocenters. The summed E-state index contributed by atoms with van der Waals surface area (Å²) < 4.78 is 5.31. The van der Waals surface area contributed by atoms with Gasteiger partial charge in [-0.05, 0) is 44.9 Å². The monoisotopic (exact) mass is 240 g/mol. The third-order valence-electron chi connectivity index (χ3n) is 4.20. The van der Waals surface area contributed by atoms with Gasteiger partial charge >= 0.3 is 5.97 Å². The van der Waals surface area contributed by atoms with E-state index in [9.17, 15) is 4.79 Å². The fraction of sp³-hybridized carbons (Fsp3) is 0.933. The number of unbranched alkanes of at least 4 members (excludes halogenated alkanes) is 2. The Labute approximate surface area is 106 Å². The highest BCUT2D eigenvalue weighted by atomic mass is 16.5. The van der Waals surface area contributed by atoms with Crippen molar-refractivity contribution in [3.05, 3.63) is 0 Å². The van der Waals surface area contributed by atoms with Gasteiger partial charge in [-0.3, -0.25) is 4.79 Å². The second-order valence-corrected chi connectivity index (χ2v) is 5.64. The first-order valence-electron chi connectivity index (χ1n) is 7.32. The number of ether oxygens (including phenoxy) is 1. The van der Waals surface area contributed by atoms with Crippen LogP contribution in [-0.2, 0) is 9.53 Å². The van der Waals surface area contributed by atoms with Crippen molar-refractivity contribution in [2.45, 2.75) is 72.1 Å². The molecular weight excluding hydrogens is 212 g/mol. The molecule has 0 aromatic heterocycles. The zero-order chi connectivity index (χ0) is 12.7. The van der Waals surface area contributed by atoms with Gasteiger partial charge in [0.2, 0.25) is 0 Å². The lowest BCUT2D eigenvalue weighted by atomic mass is 9.68. The molecule has 100 valence electrons.